The minimum absolute atomic E-state index is 0.0312. The summed E-state index contributed by atoms with van der Waals surface area (Å²) < 4.78 is 17.4. The maximum atomic E-state index is 11.1. The predicted octanol–water partition coefficient (Wildman–Crippen LogP) is 1.30. The second-order valence-electron chi connectivity index (χ2n) is 6.04. The topological polar surface area (TPSA) is 91.0 Å². The number of rotatable bonds is 4. The Morgan fingerprint density at radius 1 is 1.27 bits per heavy atom. The first-order valence-electron chi connectivity index (χ1n) is 7.48. The molecule has 3 rings (SSSR count). The summed E-state index contributed by atoms with van der Waals surface area (Å²) >= 11 is 0. The van der Waals surface area contributed by atoms with Crippen molar-refractivity contribution in [2.24, 2.45) is 5.73 Å². The van der Waals surface area contributed by atoms with Crippen molar-refractivity contribution in [3.63, 3.8) is 0 Å². The summed E-state index contributed by atoms with van der Waals surface area (Å²) in [6.45, 7) is 3.96. The Hall–Kier alpha value is -1.95. The summed E-state index contributed by atoms with van der Waals surface area (Å²) in [6.07, 6.45) is 1.72. The Bertz CT molecular complexity index is 588. The molecule has 3 unspecified atom stereocenters. The molecular formula is C16H21NO5. The van der Waals surface area contributed by atoms with E-state index in [4.69, 9.17) is 25.1 Å². The van der Waals surface area contributed by atoms with Gasteiger partial charge in [-0.3, -0.25) is 4.79 Å². The Balaban J connectivity index is 2.15. The summed E-state index contributed by atoms with van der Waals surface area (Å²) in [5.74, 6) is 1.15. The van der Waals surface area contributed by atoms with Gasteiger partial charge < -0.3 is 25.1 Å². The molecule has 3 atom stereocenters. The van der Waals surface area contributed by atoms with Gasteiger partial charge in [-0.2, -0.15) is 0 Å². The minimum Gasteiger partial charge on any atom is -0.492 e. The highest BCUT2D eigenvalue weighted by molar-refractivity contribution is 5.75. The van der Waals surface area contributed by atoms with Crippen molar-refractivity contribution in [3.8, 4) is 17.2 Å². The largest absolute Gasteiger partial charge is 0.492 e. The number of ether oxygens (including phenoxy) is 3. The molecule has 2 aliphatic heterocycles. The zero-order valence-corrected chi connectivity index (χ0v) is 13.0. The number of hydrogen-bond acceptors (Lipinski definition) is 5. The lowest BCUT2D eigenvalue weighted by atomic mass is 9.93. The molecule has 0 spiro atoms. The van der Waals surface area contributed by atoms with Crippen LogP contribution in [0.2, 0.25) is 0 Å². The van der Waals surface area contributed by atoms with E-state index < -0.39 is 12.0 Å². The van der Waals surface area contributed by atoms with Gasteiger partial charge in [0.15, 0.2) is 11.5 Å². The molecule has 1 aromatic rings. The molecular weight excluding hydrogens is 286 g/mol. The van der Waals surface area contributed by atoms with Crippen LogP contribution >= 0.6 is 0 Å². The van der Waals surface area contributed by atoms with E-state index in [1.54, 1.807) is 7.11 Å². The van der Waals surface area contributed by atoms with Gasteiger partial charge in [-0.25, -0.2) is 0 Å². The van der Waals surface area contributed by atoms with E-state index in [1.807, 2.05) is 13.8 Å². The number of hydrogen-bond donors (Lipinski definition) is 2. The second kappa shape index (κ2) is 5.35. The van der Waals surface area contributed by atoms with Crippen molar-refractivity contribution in [1.29, 1.82) is 0 Å². The SMILES string of the molecule is COc1c2c(c(CC(N)C(=O)O)c3c1OC(C)C3)OC(C)C2. The summed E-state index contributed by atoms with van der Waals surface area (Å²) in [7, 11) is 1.62. The third-order valence-corrected chi connectivity index (χ3v) is 4.23. The summed E-state index contributed by atoms with van der Waals surface area (Å²) in [4.78, 5) is 11.1. The average Bonchev–Trinajstić information content (AvgIpc) is 3.00. The molecule has 0 fully saturated rings. The first kappa shape index (κ1) is 15.0. The highest BCUT2D eigenvalue weighted by atomic mass is 16.5. The van der Waals surface area contributed by atoms with E-state index in [2.05, 4.69) is 0 Å². The molecule has 0 saturated carbocycles. The second-order valence-corrected chi connectivity index (χ2v) is 6.04. The molecule has 0 aromatic heterocycles. The zero-order valence-electron chi connectivity index (χ0n) is 13.0. The van der Waals surface area contributed by atoms with Gasteiger partial charge >= 0.3 is 5.97 Å². The number of nitrogens with two attached hydrogens (primary N) is 1. The maximum Gasteiger partial charge on any atom is 0.320 e. The Kier molecular flexibility index (Phi) is 3.64. The van der Waals surface area contributed by atoms with E-state index in [0.717, 1.165) is 34.6 Å². The van der Waals surface area contributed by atoms with Crippen LogP contribution in [0.1, 0.15) is 30.5 Å². The van der Waals surface area contributed by atoms with Gasteiger partial charge in [0, 0.05) is 36.0 Å². The first-order chi connectivity index (χ1) is 10.4. The number of methoxy groups -OCH3 is 1. The molecule has 0 radical (unpaired) electrons. The van der Waals surface area contributed by atoms with Crippen LogP contribution in [0.25, 0.3) is 0 Å². The van der Waals surface area contributed by atoms with E-state index in [0.29, 0.717) is 12.2 Å². The summed E-state index contributed by atoms with van der Waals surface area (Å²) in [5.41, 5.74) is 8.53. The van der Waals surface area contributed by atoms with Crippen LogP contribution in [0.5, 0.6) is 17.2 Å². The Morgan fingerprint density at radius 3 is 2.45 bits per heavy atom. The highest BCUT2D eigenvalue weighted by Crippen LogP contribution is 2.51. The fourth-order valence-corrected chi connectivity index (χ4v) is 3.30. The monoisotopic (exact) mass is 307 g/mol. The number of benzene rings is 1. The molecule has 0 aliphatic carbocycles. The zero-order chi connectivity index (χ0) is 16.0. The first-order valence-corrected chi connectivity index (χ1v) is 7.48. The third kappa shape index (κ3) is 2.27. The minimum atomic E-state index is -1.02. The van der Waals surface area contributed by atoms with Crippen molar-refractivity contribution in [2.75, 3.05) is 7.11 Å². The number of fused-ring (bicyclic) bond motifs is 2. The Morgan fingerprint density at radius 2 is 1.86 bits per heavy atom. The normalized spacial score (nSPS) is 23.3. The molecule has 22 heavy (non-hydrogen) atoms. The van der Waals surface area contributed by atoms with Gasteiger partial charge in [0.25, 0.3) is 0 Å². The molecule has 0 bridgehead atoms. The van der Waals surface area contributed by atoms with Gasteiger partial charge in [-0.15, -0.1) is 0 Å². The third-order valence-electron chi connectivity index (χ3n) is 4.23. The van der Waals surface area contributed by atoms with Gasteiger partial charge in [0.1, 0.15) is 24.0 Å². The van der Waals surface area contributed by atoms with Crippen molar-refractivity contribution in [2.45, 2.75) is 51.4 Å². The van der Waals surface area contributed by atoms with E-state index >= 15 is 0 Å². The maximum absolute atomic E-state index is 11.1. The lowest BCUT2D eigenvalue weighted by Gasteiger charge is -2.18. The molecule has 1 aromatic carbocycles. The van der Waals surface area contributed by atoms with Gasteiger partial charge in [0.2, 0.25) is 0 Å². The molecule has 120 valence electrons. The van der Waals surface area contributed by atoms with Crippen LogP contribution in [0.3, 0.4) is 0 Å². The van der Waals surface area contributed by atoms with E-state index in [9.17, 15) is 4.79 Å². The van der Waals surface area contributed by atoms with Crippen molar-refractivity contribution < 1.29 is 24.1 Å². The molecule has 3 N–H and O–H groups in total. The number of aliphatic carboxylic acids is 1. The smallest absolute Gasteiger partial charge is 0.320 e. The van der Waals surface area contributed by atoms with Gasteiger partial charge in [-0.05, 0) is 13.8 Å². The van der Waals surface area contributed by atoms with Crippen molar-refractivity contribution >= 4 is 5.97 Å². The van der Waals surface area contributed by atoms with E-state index in [-0.39, 0.29) is 18.6 Å². The molecule has 2 aliphatic rings. The molecule has 0 saturated heterocycles. The molecule has 2 heterocycles. The fraction of sp³-hybridized carbons (Fsp3) is 0.562. The molecule has 6 nitrogen and oxygen atoms in total. The van der Waals surface area contributed by atoms with Crippen LogP contribution in [-0.2, 0) is 24.1 Å². The van der Waals surface area contributed by atoms with Gasteiger partial charge in [0.05, 0.1) is 7.11 Å². The Labute approximate surface area is 129 Å². The lowest BCUT2D eigenvalue weighted by Crippen LogP contribution is -2.32. The van der Waals surface area contributed by atoms with Crippen molar-refractivity contribution in [3.05, 3.63) is 16.7 Å². The summed E-state index contributed by atoms with van der Waals surface area (Å²) in [6, 6.07) is -0.961. The van der Waals surface area contributed by atoms with E-state index in [1.165, 1.54) is 0 Å². The van der Waals surface area contributed by atoms with Crippen LogP contribution < -0.4 is 19.9 Å². The summed E-state index contributed by atoms with van der Waals surface area (Å²) in [5, 5.41) is 9.12. The predicted molar refractivity (Wildman–Crippen MR) is 79.9 cm³/mol. The van der Waals surface area contributed by atoms with Crippen LogP contribution in [0, 0.1) is 0 Å². The number of carboxylic acids is 1. The fourth-order valence-electron chi connectivity index (χ4n) is 3.30. The number of carbonyl (C=O) groups is 1. The van der Waals surface area contributed by atoms with Crippen LogP contribution in [-0.4, -0.2) is 36.4 Å². The van der Waals surface area contributed by atoms with Gasteiger partial charge in [-0.1, -0.05) is 0 Å². The van der Waals surface area contributed by atoms with Crippen molar-refractivity contribution in [1.82, 2.24) is 0 Å². The lowest BCUT2D eigenvalue weighted by molar-refractivity contribution is -0.138. The number of carboxylic acid groups (broad SMARTS) is 1. The average molecular weight is 307 g/mol. The standard InChI is InChI=1S/C16H21NO5/c1-7-4-9-10(6-12(17)16(18)19)13-11(5-8(2)21-13)14(20-3)15(9)22-7/h7-8,12H,4-6,17H2,1-3H3,(H,18,19). The quantitative estimate of drug-likeness (QED) is 0.871. The molecule has 0 amide bonds. The van der Waals surface area contributed by atoms with Crippen LogP contribution in [0.4, 0.5) is 0 Å². The highest BCUT2D eigenvalue weighted by Gasteiger charge is 2.37. The van der Waals surface area contributed by atoms with Crippen LogP contribution in [0.15, 0.2) is 0 Å². The molecule has 6 heteroatoms.